The number of hydrogen-bond donors (Lipinski definition) is 2. The number of aliphatic hydroxyl groups excluding tert-OH is 1. The molecule has 1 fully saturated rings. The number of nitrogens with one attached hydrogen (secondary N) is 1. The van der Waals surface area contributed by atoms with Crippen LogP contribution in [0.1, 0.15) is 0 Å². The van der Waals surface area contributed by atoms with Crippen molar-refractivity contribution in [3.05, 3.63) is 78.9 Å². The van der Waals surface area contributed by atoms with Gasteiger partial charge in [-0.05, 0) is 36.4 Å². The number of anilines is 2. The van der Waals surface area contributed by atoms with E-state index in [0.717, 1.165) is 11.4 Å². The second-order valence-corrected chi connectivity index (χ2v) is 9.87. The predicted octanol–water partition coefficient (Wildman–Crippen LogP) is 3.72. The van der Waals surface area contributed by atoms with E-state index in [1.165, 1.54) is 7.05 Å². The van der Waals surface area contributed by atoms with Crippen molar-refractivity contribution in [2.75, 3.05) is 25.2 Å². The lowest BCUT2D eigenvalue weighted by molar-refractivity contribution is -0.0242. The Kier molecular flexibility index (Phi) is 5.60. The highest BCUT2D eigenvalue weighted by atomic mass is 32.2. The van der Waals surface area contributed by atoms with Crippen LogP contribution in [0.3, 0.4) is 0 Å². The molecule has 2 N–H and O–H groups in total. The summed E-state index contributed by atoms with van der Waals surface area (Å²) in [5.74, 6) is 1.43. The first-order chi connectivity index (χ1) is 15.6. The van der Waals surface area contributed by atoms with Gasteiger partial charge >= 0.3 is 0 Å². The number of para-hydroxylation sites is 4. The van der Waals surface area contributed by atoms with Gasteiger partial charge in [0.2, 0.25) is 0 Å². The van der Waals surface area contributed by atoms with E-state index < -0.39 is 28.1 Å². The number of ether oxygens (including phenoxy) is 2. The van der Waals surface area contributed by atoms with Crippen LogP contribution < -0.4 is 14.4 Å². The van der Waals surface area contributed by atoms with Gasteiger partial charge < -0.3 is 19.5 Å². The minimum Gasteiger partial charge on any atom is -0.453 e. The molecule has 2 aliphatic rings. The van der Waals surface area contributed by atoms with Gasteiger partial charge in [0.1, 0.15) is 9.92 Å². The van der Waals surface area contributed by atoms with Gasteiger partial charge in [0.15, 0.2) is 11.5 Å². The summed E-state index contributed by atoms with van der Waals surface area (Å²) in [6.07, 6.45) is -0.866. The van der Waals surface area contributed by atoms with Crippen LogP contribution in [0.2, 0.25) is 0 Å². The Morgan fingerprint density at radius 1 is 0.938 bits per heavy atom. The molecule has 3 aromatic rings. The van der Waals surface area contributed by atoms with Crippen LogP contribution in [-0.2, 0) is 14.7 Å². The highest BCUT2D eigenvalue weighted by molar-refractivity contribution is 7.91. The summed E-state index contributed by atoms with van der Waals surface area (Å²) in [4.78, 5) is 2.62. The Hall–Kier alpha value is -2.91. The molecule has 32 heavy (non-hydrogen) atoms. The van der Waals surface area contributed by atoms with Crippen molar-refractivity contribution >= 4 is 21.3 Å². The third-order valence-corrected chi connectivity index (χ3v) is 7.87. The van der Waals surface area contributed by atoms with E-state index in [0.29, 0.717) is 23.0 Å². The second kappa shape index (κ2) is 8.55. The van der Waals surface area contributed by atoms with E-state index in [4.69, 9.17) is 9.47 Å². The third kappa shape index (κ3) is 3.65. The van der Waals surface area contributed by atoms with Crippen LogP contribution in [0.5, 0.6) is 11.5 Å². The van der Waals surface area contributed by atoms with Crippen LogP contribution in [-0.4, -0.2) is 47.8 Å². The number of aliphatic hydroxyl groups is 1. The average molecular weight is 452 g/mol. The molecule has 0 radical (unpaired) electrons. The zero-order chi connectivity index (χ0) is 22.1. The number of fused-ring (bicyclic) bond motifs is 2. The molecule has 0 bridgehead atoms. The summed E-state index contributed by atoms with van der Waals surface area (Å²) in [5, 5.41) is 11.4. The molecule has 2 aliphatic heterocycles. The highest BCUT2D eigenvalue weighted by Gasteiger charge is 2.41. The van der Waals surface area contributed by atoms with Crippen molar-refractivity contribution < 1.29 is 18.8 Å². The molecule has 3 aromatic carbocycles. The number of rotatable bonds is 4. The summed E-state index contributed by atoms with van der Waals surface area (Å²) in [6.45, 7) is 0.544. The van der Waals surface area contributed by atoms with Crippen molar-refractivity contribution in [2.45, 2.75) is 23.1 Å². The Balaban J connectivity index is 1.49. The largest absolute Gasteiger partial charge is 0.453 e. The van der Waals surface area contributed by atoms with Gasteiger partial charge in [0, 0.05) is 7.05 Å². The number of nitrogens with zero attached hydrogens (tertiary/aromatic N) is 2. The zero-order valence-corrected chi connectivity index (χ0v) is 18.4. The Morgan fingerprint density at radius 2 is 1.53 bits per heavy atom. The predicted molar refractivity (Wildman–Crippen MR) is 124 cm³/mol. The summed E-state index contributed by atoms with van der Waals surface area (Å²) >= 11 is 0. The first-order valence-electron chi connectivity index (χ1n) is 10.5. The van der Waals surface area contributed by atoms with E-state index in [1.807, 2.05) is 66.7 Å². The van der Waals surface area contributed by atoms with Crippen molar-refractivity contribution in [3.63, 3.8) is 0 Å². The molecule has 7 nitrogen and oxygen atoms in total. The molecule has 2 heterocycles. The summed E-state index contributed by atoms with van der Waals surface area (Å²) < 4.78 is 32.8. The molecule has 4 atom stereocenters. The van der Waals surface area contributed by atoms with Crippen LogP contribution in [0.15, 0.2) is 88.1 Å². The molecule has 0 amide bonds. The second-order valence-electron chi connectivity index (χ2n) is 7.75. The monoisotopic (exact) mass is 451 g/mol. The van der Waals surface area contributed by atoms with Crippen LogP contribution in [0.4, 0.5) is 11.4 Å². The summed E-state index contributed by atoms with van der Waals surface area (Å²) in [5.41, 5.74) is 1.70. The quantitative estimate of drug-likeness (QED) is 0.632. The van der Waals surface area contributed by atoms with Crippen molar-refractivity contribution in [2.24, 2.45) is 4.36 Å². The smallest absolute Gasteiger partial charge is 0.151 e. The maximum absolute atomic E-state index is 13.6. The molecule has 4 unspecified atom stereocenters. The molecular weight excluding hydrogens is 426 g/mol. The topological polar surface area (TPSA) is 83.4 Å². The van der Waals surface area contributed by atoms with Crippen molar-refractivity contribution in [1.29, 1.82) is 0 Å². The molecule has 8 heteroatoms. The molecule has 5 rings (SSSR count). The van der Waals surface area contributed by atoms with E-state index in [1.54, 1.807) is 12.1 Å². The maximum atomic E-state index is 13.6. The lowest BCUT2D eigenvalue weighted by Gasteiger charge is -2.44. The van der Waals surface area contributed by atoms with E-state index >= 15 is 0 Å². The fourth-order valence-corrected chi connectivity index (χ4v) is 5.84. The minimum atomic E-state index is -2.92. The molecular formula is C24H25N3O4S. The maximum Gasteiger partial charge on any atom is 0.151 e. The molecule has 166 valence electrons. The van der Waals surface area contributed by atoms with E-state index in [9.17, 15) is 9.32 Å². The lowest BCUT2D eigenvalue weighted by Crippen LogP contribution is -2.60. The van der Waals surface area contributed by atoms with Crippen LogP contribution in [0.25, 0.3) is 0 Å². The van der Waals surface area contributed by atoms with Gasteiger partial charge in [-0.2, -0.15) is 0 Å². The Bertz CT molecular complexity index is 1180. The zero-order valence-electron chi connectivity index (χ0n) is 17.6. The summed E-state index contributed by atoms with van der Waals surface area (Å²) in [7, 11) is -1.40. The number of hydrogen-bond acceptors (Lipinski definition) is 6. The first kappa shape index (κ1) is 21.0. The van der Waals surface area contributed by atoms with Gasteiger partial charge in [-0.25, -0.2) is 13.3 Å². The van der Waals surface area contributed by atoms with Gasteiger partial charge in [-0.3, -0.25) is 0 Å². The van der Waals surface area contributed by atoms with Crippen molar-refractivity contribution in [3.8, 4) is 11.5 Å². The number of benzene rings is 3. The standard InChI is InChI=1S/C24H25N3O4S/c1-25-32(29,17-9-3-2-4-10-17)26-18-15-30-16-21(24(18)28)27-19-11-5-7-13-22(19)31-23-14-8-6-12-20(23)27/h2-14,18,21,24,28H,15-16H2,1H3,(H,25,26,29). The molecule has 0 aliphatic carbocycles. The molecule has 0 spiro atoms. The molecule has 1 saturated heterocycles. The van der Waals surface area contributed by atoms with Crippen molar-refractivity contribution in [1.82, 2.24) is 4.72 Å². The van der Waals surface area contributed by atoms with E-state index in [2.05, 4.69) is 14.0 Å². The fraction of sp³-hybridized carbons (Fsp3) is 0.250. The first-order valence-corrected chi connectivity index (χ1v) is 12.0. The van der Waals surface area contributed by atoms with Gasteiger partial charge in [0.25, 0.3) is 0 Å². The Morgan fingerprint density at radius 3 is 2.16 bits per heavy atom. The van der Waals surface area contributed by atoms with Crippen LogP contribution >= 0.6 is 0 Å². The average Bonchev–Trinajstić information content (AvgIpc) is 2.84. The van der Waals surface area contributed by atoms with Gasteiger partial charge in [-0.1, -0.05) is 42.5 Å². The van der Waals surface area contributed by atoms with E-state index in [-0.39, 0.29) is 6.61 Å². The van der Waals surface area contributed by atoms with Crippen LogP contribution in [0, 0.1) is 0 Å². The fourth-order valence-electron chi connectivity index (χ4n) is 4.24. The summed E-state index contributed by atoms with van der Waals surface area (Å²) in [6, 6.07) is 23.5. The SMILES string of the molecule is CN=S(=O)(NC1COCC(N2c3ccccc3Oc3ccccc32)C1O)c1ccccc1. The third-order valence-electron chi connectivity index (χ3n) is 5.82. The normalized spacial score (nSPS) is 23.9. The lowest BCUT2D eigenvalue weighted by atomic mass is 9.98. The molecule has 0 aromatic heterocycles. The molecule has 0 saturated carbocycles. The van der Waals surface area contributed by atoms with Gasteiger partial charge in [-0.15, -0.1) is 0 Å². The van der Waals surface area contributed by atoms with Gasteiger partial charge in [0.05, 0.1) is 47.7 Å². The minimum absolute atomic E-state index is 0.227. The Labute approximate surface area is 187 Å². The highest BCUT2D eigenvalue weighted by Crippen LogP contribution is 2.48.